The second-order valence-corrected chi connectivity index (χ2v) is 6.78. The third-order valence-corrected chi connectivity index (χ3v) is 3.95. The Morgan fingerprint density at radius 1 is 1.32 bits per heavy atom. The normalized spacial score (nSPS) is 10.6. The van der Waals surface area contributed by atoms with Gasteiger partial charge in [0.1, 0.15) is 12.4 Å². The molecule has 1 aromatic carbocycles. The van der Waals surface area contributed by atoms with Gasteiger partial charge in [-0.15, -0.1) is 11.3 Å². The first-order valence-electron chi connectivity index (χ1n) is 8.05. The number of aryl methyl sites for hydroxylation is 1. The maximum atomic E-state index is 12.1. The average Bonchev–Trinajstić information content (AvgIpc) is 2.98. The summed E-state index contributed by atoms with van der Waals surface area (Å²) in [7, 11) is 0. The number of benzene rings is 1. The van der Waals surface area contributed by atoms with Crippen molar-refractivity contribution < 1.29 is 19.1 Å². The van der Waals surface area contributed by atoms with Crippen molar-refractivity contribution in [3.8, 4) is 5.75 Å². The van der Waals surface area contributed by atoms with Crippen LogP contribution in [0.2, 0.25) is 0 Å². The molecule has 134 valence electrons. The standard InChI is InChI=1S/C18H22N2O4S/c1-12(2)24-17(21)7-8-19-18(22)14-5-4-6-16(9-14)23-10-15-11-25-13(3)20-15/h4-6,9,11-12H,7-8,10H2,1-3H3,(H,19,22). The molecule has 0 spiro atoms. The summed E-state index contributed by atoms with van der Waals surface area (Å²) in [5.74, 6) is 0.00996. The molecule has 0 radical (unpaired) electrons. The van der Waals surface area contributed by atoms with Crippen molar-refractivity contribution in [1.82, 2.24) is 10.3 Å². The fraction of sp³-hybridized carbons (Fsp3) is 0.389. The summed E-state index contributed by atoms with van der Waals surface area (Å²) in [6, 6.07) is 6.90. The predicted molar refractivity (Wildman–Crippen MR) is 95.8 cm³/mol. The van der Waals surface area contributed by atoms with E-state index in [2.05, 4.69) is 10.3 Å². The number of carbonyl (C=O) groups is 2. The molecule has 0 aliphatic rings. The van der Waals surface area contributed by atoms with Crippen LogP contribution in [0.15, 0.2) is 29.6 Å². The Labute approximate surface area is 151 Å². The van der Waals surface area contributed by atoms with E-state index in [9.17, 15) is 9.59 Å². The molecular formula is C18H22N2O4S. The molecule has 6 nitrogen and oxygen atoms in total. The zero-order chi connectivity index (χ0) is 18.2. The molecule has 1 aromatic heterocycles. The van der Waals surface area contributed by atoms with Crippen molar-refractivity contribution in [2.75, 3.05) is 6.54 Å². The molecular weight excluding hydrogens is 340 g/mol. The van der Waals surface area contributed by atoms with E-state index in [1.54, 1.807) is 49.4 Å². The molecule has 0 bridgehead atoms. The molecule has 25 heavy (non-hydrogen) atoms. The smallest absolute Gasteiger partial charge is 0.307 e. The van der Waals surface area contributed by atoms with Crippen molar-refractivity contribution in [2.24, 2.45) is 0 Å². The first-order chi connectivity index (χ1) is 11.9. The fourth-order valence-electron chi connectivity index (χ4n) is 2.06. The van der Waals surface area contributed by atoms with Crippen molar-refractivity contribution >= 4 is 23.2 Å². The molecule has 1 amide bonds. The second-order valence-electron chi connectivity index (χ2n) is 5.72. The van der Waals surface area contributed by atoms with E-state index >= 15 is 0 Å². The van der Waals surface area contributed by atoms with Crippen molar-refractivity contribution in [3.05, 3.63) is 45.9 Å². The summed E-state index contributed by atoms with van der Waals surface area (Å²) < 4.78 is 10.7. The summed E-state index contributed by atoms with van der Waals surface area (Å²) in [6.07, 6.45) is -0.0120. The molecule has 1 heterocycles. The van der Waals surface area contributed by atoms with Crippen molar-refractivity contribution in [3.63, 3.8) is 0 Å². The molecule has 0 saturated carbocycles. The summed E-state index contributed by atoms with van der Waals surface area (Å²) in [6.45, 7) is 6.10. The van der Waals surface area contributed by atoms with Gasteiger partial charge in [0.15, 0.2) is 0 Å². The number of esters is 1. The first kappa shape index (κ1) is 18.9. The van der Waals surface area contributed by atoms with Gasteiger partial charge in [-0.25, -0.2) is 4.98 Å². The van der Waals surface area contributed by atoms with E-state index in [1.165, 1.54) is 0 Å². The van der Waals surface area contributed by atoms with Gasteiger partial charge in [0.2, 0.25) is 0 Å². The number of aromatic nitrogens is 1. The number of thiazole rings is 1. The number of carbonyl (C=O) groups excluding carboxylic acids is 2. The Kier molecular flexibility index (Phi) is 6.94. The Balaban J connectivity index is 1.83. The molecule has 7 heteroatoms. The van der Waals surface area contributed by atoms with Gasteiger partial charge in [0.25, 0.3) is 5.91 Å². The highest BCUT2D eigenvalue weighted by molar-refractivity contribution is 7.09. The number of rotatable bonds is 8. The minimum Gasteiger partial charge on any atom is -0.487 e. The molecule has 2 aromatic rings. The molecule has 2 rings (SSSR count). The third-order valence-electron chi connectivity index (χ3n) is 3.13. The maximum absolute atomic E-state index is 12.1. The highest BCUT2D eigenvalue weighted by atomic mass is 32.1. The van der Waals surface area contributed by atoms with Gasteiger partial charge < -0.3 is 14.8 Å². The van der Waals surface area contributed by atoms with Crippen LogP contribution < -0.4 is 10.1 Å². The number of hydrogen-bond donors (Lipinski definition) is 1. The van der Waals surface area contributed by atoms with Crippen LogP contribution in [0.25, 0.3) is 0 Å². The van der Waals surface area contributed by atoms with E-state index in [0.29, 0.717) is 17.9 Å². The highest BCUT2D eigenvalue weighted by Crippen LogP contribution is 2.16. The van der Waals surface area contributed by atoms with Crippen LogP contribution in [0, 0.1) is 6.92 Å². The molecule has 0 atom stereocenters. The Hall–Kier alpha value is -2.41. The molecule has 0 unspecified atom stereocenters. The SMILES string of the molecule is Cc1nc(COc2cccc(C(=O)NCCC(=O)OC(C)C)c2)cs1. The second kappa shape index (κ2) is 9.17. The van der Waals surface area contributed by atoms with E-state index < -0.39 is 0 Å². The van der Waals surface area contributed by atoms with Gasteiger partial charge in [-0.2, -0.15) is 0 Å². The molecule has 0 fully saturated rings. The van der Waals surface area contributed by atoms with Gasteiger partial charge in [0.05, 0.1) is 23.2 Å². The fourth-order valence-corrected chi connectivity index (χ4v) is 2.66. The highest BCUT2D eigenvalue weighted by Gasteiger charge is 2.09. The number of nitrogens with zero attached hydrogens (tertiary/aromatic N) is 1. The molecule has 1 N–H and O–H groups in total. The lowest BCUT2D eigenvalue weighted by Gasteiger charge is -2.09. The number of amides is 1. The third kappa shape index (κ3) is 6.54. The quantitative estimate of drug-likeness (QED) is 0.730. The summed E-state index contributed by atoms with van der Waals surface area (Å²) in [5.41, 5.74) is 1.34. The molecule has 0 aliphatic heterocycles. The van der Waals surface area contributed by atoms with Crippen LogP contribution in [0.4, 0.5) is 0 Å². The molecule has 0 saturated heterocycles. The number of hydrogen-bond acceptors (Lipinski definition) is 6. The Bertz CT molecular complexity index is 727. The topological polar surface area (TPSA) is 77.5 Å². The Morgan fingerprint density at radius 2 is 2.12 bits per heavy atom. The lowest BCUT2D eigenvalue weighted by atomic mass is 10.2. The minimum absolute atomic E-state index is 0.142. The van der Waals surface area contributed by atoms with Crippen LogP contribution in [0.3, 0.4) is 0 Å². The zero-order valence-corrected chi connectivity index (χ0v) is 15.4. The maximum Gasteiger partial charge on any atom is 0.307 e. The van der Waals surface area contributed by atoms with Crippen LogP contribution in [0.1, 0.15) is 41.3 Å². The summed E-state index contributed by atoms with van der Waals surface area (Å²) in [5, 5.41) is 5.64. The lowest BCUT2D eigenvalue weighted by molar-refractivity contribution is -0.147. The van der Waals surface area contributed by atoms with E-state index in [-0.39, 0.29) is 30.9 Å². The van der Waals surface area contributed by atoms with E-state index in [0.717, 1.165) is 10.7 Å². The van der Waals surface area contributed by atoms with Crippen LogP contribution in [-0.4, -0.2) is 29.5 Å². The first-order valence-corrected chi connectivity index (χ1v) is 8.93. The number of nitrogens with one attached hydrogen (secondary N) is 1. The summed E-state index contributed by atoms with van der Waals surface area (Å²) in [4.78, 5) is 27.9. The monoisotopic (exact) mass is 362 g/mol. The van der Waals surface area contributed by atoms with Gasteiger partial charge in [-0.3, -0.25) is 9.59 Å². The lowest BCUT2D eigenvalue weighted by Crippen LogP contribution is -2.27. The van der Waals surface area contributed by atoms with Crippen molar-refractivity contribution in [2.45, 2.75) is 39.9 Å². The predicted octanol–water partition coefficient (Wildman–Crippen LogP) is 3.10. The van der Waals surface area contributed by atoms with Gasteiger partial charge in [-0.05, 0) is 39.0 Å². The van der Waals surface area contributed by atoms with Gasteiger partial charge >= 0.3 is 5.97 Å². The minimum atomic E-state index is -0.328. The van der Waals surface area contributed by atoms with Crippen molar-refractivity contribution in [1.29, 1.82) is 0 Å². The summed E-state index contributed by atoms with van der Waals surface area (Å²) >= 11 is 1.57. The van der Waals surface area contributed by atoms with Crippen LogP contribution in [0.5, 0.6) is 5.75 Å². The largest absolute Gasteiger partial charge is 0.487 e. The van der Waals surface area contributed by atoms with Gasteiger partial charge in [0, 0.05) is 17.5 Å². The van der Waals surface area contributed by atoms with E-state index in [1.807, 2.05) is 12.3 Å². The van der Waals surface area contributed by atoms with Crippen LogP contribution in [-0.2, 0) is 16.1 Å². The zero-order valence-electron chi connectivity index (χ0n) is 14.6. The Morgan fingerprint density at radius 3 is 2.80 bits per heavy atom. The number of ether oxygens (including phenoxy) is 2. The van der Waals surface area contributed by atoms with E-state index in [4.69, 9.17) is 9.47 Å². The molecule has 0 aliphatic carbocycles. The van der Waals surface area contributed by atoms with Gasteiger partial charge in [-0.1, -0.05) is 6.07 Å². The average molecular weight is 362 g/mol. The van der Waals surface area contributed by atoms with Crippen LogP contribution >= 0.6 is 11.3 Å².